The molecule has 2 N–H and O–H groups in total. The second-order valence-electron chi connectivity index (χ2n) is 4.73. The van der Waals surface area contributed by atoms with Gasteiger partial charge >= 0.3 is 0 Å². The van der Waals surface area contributed by atoms with Crippen molar-refractivity contribution in [3.63, 3.8) is 0 Å². The molecule has 0 heterocycles. The van der Waals surface area contributed by atoms with Crippen LogP contribution in [0, 0.1) is 0 Å². The predicted octanol–water partition coefficient (Wildman–Crippen LogP) is 2.04. The van der Waals surface area contributed by atoms with Gasteiger partial charge in [-0.2, -0.15) is 0 Å². The molecule has 0 saturated carbocycles. The first-order valence-corrected chi connectivity index (χ1v) is 8.57. The van der Waals surface area contributed by atoms with Crippen molar-refractivity contribution in [3.05, 3.63) is 28.8 Å². The summed E-state index contributed by atoms with van der Waals surface area (Å²) in [7, 11) is -2.94. The molecule has 0 aliphatic carbocycles. The zero-order valence-electron chi connectivity index (χ0n) is 11.2. The van der Waals surface area contributed by atoms with Crippen LogP contribution in [0.5, 0.6) is 5.75 Å². The number of hydrogen-bond donors (Lipinski definition) is 1. The molecule has 1 aromatic carbocycles. The molecule has 0 aromatic heterocycles. The maximum atomic E-state index is 11.0. The molecule has 0 bridgehead atoms. The fourth-order valence-corrected chi connectivity index (χ4v) is 2.58. The molecule has 0 spiro atoms. The number of rotatable bonds is 7. The molecule has 0 fully saturated rings. The Morgan fingerprint density at radius 2 is 2.11 bits per heavy atom. The van der Waals surface area contributed by atoms with E-state index in [1.54, 1.807) is 12.1 Å². The first-order valence-electron chi connectivity index (χ1n) is 6.13. The van der Waals surface area contributed by atoms with Crippen LogP contribution in [0.25, 0.3) is 0 Å². The summed E-state index contributed by atoms with van der Waals surface area (Å²) in [6, 6.07) is 5.41. The van der Waals surface area contributed by atoms with Gasteiger partial charge in [0.25, 0.3) is 0 Å². The van der Waals surface area contributed by atoms with Crippen LogP contribution in [0.3, 0.4) is 0 Å². The van der Waals surface area contributed by atoms with Crippen molar-refractivity contribution >= 4 is 21.4 Å². The monoisotopic (exact) mass is 305 g/mol. The molecule has 0 aliphatic heterocycles. The van der Waals surface area contributed by atoms with Gasteiger partial charge in [-0.05, 0) is 31.9 Å². The summed E-state index contributed by atoms with van der Waals surface area (Å²) in [6.45, 7) is 2.25. The van der Waals surface area contributed by atoms with E-state index >= 15 is 0 Å². The van der Waals surface area contributed by atoms with Crippen molar-refractivity contribution in [1.29, 1.82) is 0 Å². The second kappa shape index (κ2) is 7.12. The van der Waals surface area contributed by atoms with E-state index < -0.39 is 9.84 Å². The van der Waals surface area contributed by atoms with Crippen LogP contribution >= 0.6 is 11.6 Å². The van der Waals surface area contributed by atoms with E-state index in [0.717, 1.165) is 5.56 Å². The molecule has 1 atom stereocenters. The second-order valence-corrected chi connectivity index (χ2v) is 7.40. The summed E-state index contributed by atoms with van der Waals surface area (Å²) in [6.07, 6.45) is 2.30. The third-order valence-corrected chi connectivity index (χ3v) is 3.90. The zero-order valence-corrected chi connectivity index (χ0v) is 12.8. The van der Waals surface area contributed by atoms with Crippen LogP contribution in [-0.4, -0.2) is 33.1 Å². The molecular formula is C13H20ClNO3S. The molecule has 1 aromatic rings. The van der Waals surface area contributed by atoms with Crippen molar-refractivity contribution in [1.82, 2.24) is 0 Å². The van der Waals surface area contributed by atoms with Gasteiger partial charge in [-0.1, -0.05) is 17.7 Å². The van der Waals surface area contributed by atoms with E-state index in [2.05, 4.69) is 0 Å². The molecule has 19 heavy (non-hydrogen) atoms. The van der Waals surface area contributed by atoms with Crippen molar-refractivity contribution in [3.8, 4) is 5.75 Å². The van der Waals surface area contributed by atoms with Gasteiger partial charge in [0.15, 0.2) is 0 Å². The molecule has 0 aliphatic rings. The van der Waals surface area contributed by atoms with E-state index in [1.807, 2.05) is 13.0 Å². The minimum absolute atomic E-state index is 0.0155. The minimum atomic E-state index is -2.94. The van der Waals surface area contributed by atoms with Crippen molar-refractivity contribution in [2.24, 2.45) is 5.73 Å². The van der Waals surface area contributed by atoms with Gasteiger partial charge in [-0.15, -0.1) is 0 Å². The van der Waals surface area contributed by atoms with Gasteiger partial charge in [0.2, 0.25) is 0 Å². The van der Waals surface area contributed by atoms with Gasteiger partial charge in [0, 0.05) is 22.9 Å². The van der Waals surface area contributed by atoms with Gasteiger partial charge in [0.05, 0.1) is 12.4 Å². The Balaban J connectivity index is 2.65. The van der Waals surface area contributed by atoms with E-state index in [-0.39, 0.29) is 11.8 Å². The highest BCUT2D eigenvalue weighted by atomic mass is 35.5. The maximum Gasteiger partial charge on any atom is 0.147 e. The van der Waals surface area contributed by atoms with Crippen molar-refractivity contribution in [2.45, 2.75) is 25.8 Å². The van der Waals surface area contributed by atoms with Crippen LogP contribution in [0.4, 0.5) is 0 Å². The third-order valence-electron chi connectivity index (χ3n) is 2.52. The molecule has 0 amide bonds. The van der Waals surface area contributed by atoms with E-state index in [0.29, 0.717) is 30.2 Å². The standard InChI is InChI=1S/C13H20ClNO3S/c1-10(15)9-11-12(14)5-3-6-13(11)18-7-4-8-19(2,16)17/h3,5-6,10H,4,7-9,15H2,1-2H3. The van der Waals surface area contributed by atoms with Crippen molar-refractivity contribution in [2.75, 3.05) is 18.6 Å². The normalized spacial score (nSPS) is 13.3. The minimum Gasteiger partial charge on any atom is -0.493 e. The van der Waals surface area contributed by atoms with Gasteiger partial charge in [-0.25, -0.2) is 8.42 Å². The first kappa shape index (κ1) is 16.3. The Bertz CT molecular complexity index is 515. The molecule has 4 nitrogen and oxygen atoms in total. The van der Waals surface area contributed by atoms with Gasteiger partial charge in [-0.3, -0.25) is 0 Å². The topological polar surface area (TPSA) is 69.4 Å². The van der Waals surface area contributed by atoms with Gasteiger partial charge in [0.1, 0.15) is 15.6 Å². The quantitative estimate of drug-likeness (QED) is 0.783. The molecule has 1 unspecified atom stereocenters. The van der Waals surface area contributed by atoms with E-state index in [1.165, 1.54) is 6.26 Å². The molecular weight excluding hydrogens is 286 g/mol. The summed E-state index contributed by atoms with van der Waals surface area (Å²) < 4.78 is 27.6. The lowest BCUT2D eigenvalue weighted by Gasteiger charge is -2.14. The van der Waals surface area contributed by atoms with Crippen LogP contribution < -0.4 is 10.5 Å². The number of nitrogens with two attached hydrogens (primary N) is 1. The average molecular weight is 306 g/mol. The highest BCUT2D eigenvalue weighted by Gasteiger charge is 2.10. The van der Waals surface area contributed by atoms with E-state index in [4.69, 9.17) is 22.1 Å². The number of sulfone groups is 1. The zero-order chi connectivity index (χ0) is 14.5. The lowest BCUT2D eigenvalue weighted by atomic mass is 10.1. The molecule has 1 rings (SSSR count). The first-order chi connectivity index (χ1) is 8.79. The average Bonchev–Trinajstić information content (AvgIpc) is 2.27. The Hall–Kier alpha value is -0.780. The van der Waals surface area contributed by atoms with Crippen LogP contribution in [0.15, 0.2) is 18.2 Å². The Morgan fingerprint density at radius 1 is 1.42 bits per heavy atom. The predicted molar refractivity (Wildman–Crippen MR) is 78.6 cm³/mol. The summed E-state index contributed by atoms with van der Waals surface area (Å²) in [5.74, 6) is 0.800. The largest absolute Gasteiger partial charge is 0.493 e. The summed E-state index contributed by atoms with van der Waals surface area (Å²) in [4.78, 5) is 0. The van der Waals surface area contributed by atoms with Crippen LogP contribution in [-0.2, 0) is 16.3 Å². The van der Waals surface area contributed by atoms with Crippen LogP contribution in [0.2, 0.25) is 5.02 Å². The lowest BCUT2D eigenvalue weighted by molar-refractivity contribution is 0.314. The highest BCUT2D eigenvalue weighted by molar-refractivity contribution is 7.90. The summed E-state index contributed by atoms with van der Waals surface area (Å²) >= 11 is 6.13. The van der Waals surface area contributed by atoms with Crippen LogP contribution in [0.1, 0.15) is 18.9 Å². The summed E-state index contributed by atoms with van der Waals surface area (Å²) in [5.41, 5.74) is 6.65. The number of halogens is 1. The smallest absolute Gasteiger partial charge is 0.147 e. The Labute approximate surface area is 119 Å². The number of ether oxygens (including phenoxy) is 1. The fourth-order valence-electron chi connectivity index (χ4n) is 1.70. The number of benzene rings is 1. The maximum absolute atomic E-state index is 11.0. The highest BCUT2D eigenvalue weighted by Crippen LogP contribution is 2.27. The molecule has 108 valence electrons. The Kier molecular flexibility index (Phi) is 6.10. The fraction of sp³-hybridized carbons (Fsp3) is 0.538. The van der Waals surface area contributed by atoms with Gasteiger partial charge < -0.3 is 10.5 Å². The van der Waals surface area contributed by atoms with Crippen molar-refractivity contribution < 1.29 is 13.2 Å². The van der Waals surface area contributed by atoms with E-state index in [9.17, 15) is 8.42 Å². The molecule has 0 saturated heterocycles. The molecule has 6 heteroatoms. The molecule has 0 radical (unpaired) electrons. The number of hydrogen-bond acceptors (Lipinski definition) is 4. The SMILES string of the molecule is CC(N)Cc1c(Cl)cccc1OCCCS(C)(=O)=O. The summed E-state index contributed by atoms with van der Waals surface area (Å²) in [5, 5.41) is 0.623. The Morgan fingerprint density at radius 3 is 2.68 bits per heavy atom. The lowest BCUT2D eigenvalue weighted by Crippen LogP contribution is -2.19. The third kappa shape index (κ3) is 6.27.